The van der Waals surface area contributed by atoms with E-state index in [9.17, 15) is 10.1 Å². The summed E-state index contributed by atoms with van der Waals surface area (Å²) < 4.78 is 5.05. The Balaban J connectivity index is 2.29. The lowest BCUT2D eigenvalue weighted by Crippen LogP contribution is -2.19. The molecule has 0 aliphatic rings. The van der Waals surface area contributed by atoms with Crippen molar-refractivity contribution in [3.63, 3.8) is 0 Å². The number of benzene rings is 1. The van der Waals surface area contributed by atoms with E-state index >= 15 is 0 Å². The number of furan rings is 1. The molecule has 2 aromatic rings. The normalized spacial score (nSPS) is 12.3. The van der Waals surface area contributed by atoms with Gasteiger partial charge in [-0.15, -0.1) is 0 Å². The first-order valence-corrected chi connectivity index (χ1v) is 6.13. The standard InChI is InChI=1S/C13H13ClN2O3/c1-15-11(10-6-7-19-13(10)14)8-9-4-2-3-5-12(9)16(17)18/h2-7,11,15H,8H2,1H3. The number of para-hydroxylation sites is 1. The molecule has 19 heavy (non-hydrogen) atoms. The summed E-state index contributed by atoms with van der Waals surface area (Å²) in [6.45, 7) is 0. The lowest BCUT2D eigenvalue weighted by Gasteiger charge is -2.15. The van der Waals surface area contributed by atoms with Crippen LogP contribution in [-0.4, -0.2) is 12.0 Å². The second-order valence-corrected chi connectivity index (χ2v) is 4.42. The number of nitrogens with one attached hydrogen (secondary N) is 1. The summed E-state index contributed by atoms with van der Waals surface area (Å²) in [5.74, 6) is 0. The van der Waals surface area contributed by atoms with Gasteiger partial charge in [0, 0.05) is 23.2 Å². The van der Waals surface area contributed by atoms with Gasteiger partial charge in [-0.1, -0.05) is 18.2 Å². The van der Waals surface area contributed by atoms with E-state index in [0.717, 1.165) is 5.56 Å². The number of nitrogens with zero attached hydrogens (tertiary/aromatic N) is 1. The maximum atomic E-state index is 11.0. The van der Waals surface area contributed by atoms with Crippen molar-refractivity contribution in [2.24, 2.45) is 0 Å². The van der Waals surface area contributed by atoms with Crippen LogP contribution in [0.25, 0.3) is 0 Å². The van der Waals surface area contributed by atoms with Crippen LogP contribution in [0, 0.1) is 10.1 Å². The lowest BCUT2D eigenvalue weighted by molar-refractivity contribution is -0.385. The molecule has 0 amide bonds. The highest BCUT2D eigenvalue weighted by atomic mass is 35.5. The summed E-state index contributed by atoms with van der Waals surface area (Å²) in [6.07, 6.45) is 1.97. The number of nitro groups is 1. The average Bonchev–Trinajstić information content (AvgIpc) is 2.82. The molecule has 0 saturated heterocycles. The number of nitro benzene ring substituents is 1. The second-order valence-electron chi connectivity index (χ2n) is 4.08. The monoisotopic (exact) mass is 280 g/mol. The Morgan fingerprint density at radius 1 is 1.42 bits per heavy atom. The highest BCUT2D eigenvalue weighted by Crippen LogP contribution is 2.29. The molecule has 0 bridgehead atoms. The first kappa shape index (κ1) is 13.6. The smallest absolute Gasteiger partial charge is 0.272 e. The Bertz CT molecular complexity index is 583. The molecule has 100 valence electrons. The zero-order valence-corrected chi connectivity index (χ0v) is 11.1. The summed E-state index contributed by atoms with van der Waals surface area (Å²) in [5, 5.41) is 14.4. The third-order valence-corrected chi connectivity index (χ3v) is 3.29. The summed E-state index contributed by atoms with van der Waals surface area (Å²) in [6, 6.07) is 8.31. The van der Waals surface area contributed by atoms with Gasteiger partial charge in [-0.05, 0) is 31.1 Å². The summed E-state index contributed by atoms with van der Waals surface area (Å²) in [4.78, 5) is 10.6. The maximum absolute atomic E-state index is 11.0. The quantitative estimate of drug-likeness (QED) is 0.674. The fourth-order valence-electron chi connectivity index (χ4n) is 2.00. The molecule has 1 aromatic carbocycles. The predicted octanol–water partition coefficient (Wildman–Crippen LogP) is 3.34. The summed E-state index contributed by atoms with van der Waals surface area (Å²) in [5.41, 5.74) is 1.56. The van der Waals surface area contributed by atoms with Gasteiger partial charge in [0.1, 0.15) is 0 Å². The minimum Gasteiger partial charge on any atom is -0.453 e. The Hall–Kier alpha value is -1.85. The van der Waals surface area contributed by atoms with Crippen LogP contribution in [0.15, 0.2) is 41.0 Å². The van der Waals surface area contributed by atoms with Crippen LogP contribution in [0.3, 0.4) is 0 Å². The molecule has 0 fully saturated rings. The van der Waals surface area contributed by atoms with Crippen LogP contribution in [0.4, 0.5) is 5.69 Å². The van der Waals surface area contributed by atoms with E-state index in [1.54, 1.807) is 31.3 Å². The van der Waals surface area contributed by atoms with E-state index in [2.05, 4.69) is 5.32 Å². The topological polar surface area (TPSA) is 68.3 Å². The molecule has 1 N–H and O–H groups in total. The molecule has 0 saturated carbocycles. The third-order valence-electron chi connectivity index (χ3n) is 2.98. The Kier molecular flexibility index (Phi) is 4.19. The molecule has 0 aliphatic carbocycles. The number of likely N-dealkylation sites (N-methyl/N-ethyl adjacent to an activating group) is 1. The molecular weight excluding hydrogens is 268 g/mol. The lowest BCUT2D eigenvalue weighted by atomic mass is 10.00. The highest BCUT2D eigenvalue weighted by Gasteiger charge is 2.20. The molecule has 1 atom stereocenters. The van der Waals surface area contributed by atoms with Gasteiger partial charge in [-0.3, -0.25) is 10.1 Å². The fraction of sp³-hybridized carbons (Fsp3) is 0.231. The molecule has 1 unspecified atom stereocenters. The highest BCUT2D eigenvalue weighted by molar-refractivity contribution is 6.29. The average molecular weight is 281 g/mol. The third kappa shape index (κ3) is 2.94. The van der Waals surface area contributed by atoms with E-state index in [-0.39, 0.29) is 16.7 Å². The molecular formula is C13H13ClN2O3. The van der Waals surface area contributed by atoms with Gasteiger partial charge in [0.15, 0.2) is 5.22 Å². The van der Waals surface area contributed by atoms with Crippen LogP contribution in [-0.2, 0) is 6.42 Å². The Labute approximate surface area is 115 Å². The van der Waals surface area contributed by atoms with Gasteiger partial charge < -0.3 is 9.73 Å². The first-order valence-electron chi connectivity index (χ1n) is 5.76. The van der Waals surface area contributed by atoms with Gasteiger partial charge in [-0.2, -0.15) is 0 Å². The molecule has 6 heteroatoms. The Morgan fingerprint density at radius 2 is 2.16 bits per heavy atom. The van der Waals surface area contributed by atoms with Crippen molar-refractivity contribution in [2.45, 2.75) is 12.5 Å². The molecule has 1 aromatic heterocycles. The van der Waals surface area contributed by atoms with Crippen molar-refractivity contribution in [3.05, 3.63) is 63.1 Å². The van der Waals surface area contributed by atoms with Gasteiger partial charge in [-0.25, -0.2) is 0 Å². The van der Waals surface area contributed by atoms with Crippen LogP contribution in [0.1, 0.15) is 17.2 Å². The van der Waals surface area contributed by atoms with E-state index < -0.39 is 0 Å². The van der Waals surface area contributed by atoms with Crippen LogP contribution in [0.2, 0.25) is 5.22 Å². The summed E-state index contributed by atoms with van der Waals surface area (Å²) >= 11 is 5.94. The van der Waals surface area contributed by atoms with Gasteiger partial charge >= 0.3 is 0 Å². The number of hydrogen-bond acceptors (Lipinski definition) is 4. The van der Waals surface area contributed by atoms with Crippen LogP contribution >= 0.6 is 11.6 Å². The van der Waals surface area contributed by atoms with Crippen LogP contribution < -0.4 is 5.32 Å². The number of halogens is 1. The van der Waals surface area contributed by atoms with Gasteiger partial charge in [0.25, 0.3) is 5.69 Å². The minimum absolute atomic E-state index is 0.113. The van der Waals surface area contributed by atoms with Crippen molar-refractivity contribution in [2.75, 3.05) is 7.05 Å². The number of hydrogen-bond donors (Lipinski definition) is 1. The van der Waals surface area contributed by atoms with Crippen LogP contribution in [0.5, 0.6) is 0 Å². The maximum Gasteiger partial charge on any atom is 0.272 e. The predicted molar refractivity (Wildman–Crippen MR) is 72.3 cm³/mol. The molecule has 0 spiro atoms. The summed E-state index contributed by atoms with van der Waals surface area (Å²) in [7, 11) is 1.78. The zero-order valence-electron chi connectivity index (χ0n) is 10.3. The van der Waals surface area contributed by atoms with Crippen molar-refractivity contribution < 1.29 is 9.34 Å². The van der Waals surface area contributed by atoms with E-state index in [1.165, 1.54) is 12.3 Å². The first-order chi connectivity index (χ1) is 9.13. The molecule has 1 heterocycles. The molecule has 2 rings (SSSR count). The fourth-order valence-corrected chi connectivity index (χ4v) is 2.25. The number of rotatable bonds is 5. The van der Waals surface area contributed by atoms with Crippen molar-refractivity contribution in [1.82, 2.24) is 5.32 Å². The zero-order chi connectivity index (χ0) is 13.8. The van der Waals surface area contributed by atoms with E-state index in [0.29, 0.717) is 17.2 Å². The van der Waals surface area contributed by atoms with Gasteiger partial charge in [0.2, 0.25) is 0 Å². The van der Waals surface area contributed by atoms with E-state index in [4.69, 9.17) is 16.0 Å². The Morgan fingerprint density at radius 3 is 2.74 bits per heavy atom. The molecule has 5 nitrogen and oxygen atoms in total. The van der Waals surface area contributed by atoms with E-state index in [1.807, 2.05) is 0 Å². The van der Waals surface area contributed by atoms with Crippen molar-refractivity contribution in [1.29, 1.82) is 0 Å². The molecule has 0 radical (unpaired) electrons. The largest absolute Gasteiger partial charge is 0.453 e. The van der Waals surface area contributed by atoms with Crippen molar-refractivity contribution in [3.8, 4) is 0 Å². The van der Waals surface area contributed by atoms with Crippen molar-refractivity contribution >= 4 is 17.3 Å². The minimum atomic E-state index is -0.376. The SMILES string of the molecule is CNC(Cc1ccccc1[N+](=O)[O-])c1ccoc1Cl. The van der Waals surface area contributed by atoms with Gasteiger partial charge in [0.05, 0.1) is 11.2 Å². The molecule has 0 aliphatic heterocycles. The second kappa shape index (κ2) is 5.86.